The lowest BCUT2D eigenvalue weighted by molar-refractivity contribution is 0.329. The first-order valence-corrected chi connectivity index (χ1v) is 5.76. The molecule has 90 valence electrons. The highest BCUT2D eigenvalue weighted by Gasteiger charge is 2.25. The van der Waals surface area contributed by atoms with Crippen LogP contribution in [0.1, 0.15) is 27.7 Å². The van der Waals surface area contributed by atoms with E-state index in [0.717, 1.165) is 5.82 Å². The molecule has 0 aliphatic rings. The largest absolute Gasteiger partial charge is 0.396 e. The van der Waals surface area contributed by atoms with Crippen LogP contribution < -0.4 is 10.6 Å². The van der Waals surface area contributed by atoms with E-state index >= 15 is 0 Å². The average Bonchev–Trinajstić information content (AvgIpc) is 2.18. The van der Waals surface area contributed by atoms with Crippen LogP contribution in [-0.4, -0.2) is 18.1 Å². The Labute approximate surface area is 103 Å². The number of nitrogens with two attached hydrogens (primary N) is 1. The molecule has 0 saturated heterocycles. The predicted octanol–water partition coefficient (Wildman–Crippen LogP) is 3.19. The van der Waals surface area contributed by atoms with Crippen LogP contribution in [0.4, 0.5) is 11.5 Å². The van der Waals surface area contributed by atoms with Crippen LogP contribution in [0, 0.1) is 5.41 Å². The van der Waals surface area contributed by atoms with Crippen molar-refractivity contribution in [3.05, 3.63) is 17.3 Å². The van der Waals surface area contributed by atoms with Crippen molar-refractivity contribution in [3.8, 4) is 0 Å². The van der Waals surface area contributed by atoms with Gasteiger partial charge in [-0.2, -0.15) is 0 Å². The Morgan fingerprint density at radius 1 is 1.38 bits per heavy atom. The van der Waals surface area contributed by atoms with Gasteiger partial charge in [-0.15, -0.1) is 0 Å². The molecule has 1 rings (SSSR count). The normalized spacial score (nSPS) is 13.6. The van der Waals surface area contributed by atoms with Gasteiger partial charge in [0, 0.05) is 13.1 Å². The van der Waals surface area contributed by atoms with E-state index in [1.54, 1.807) is 12.1 Å². The van der Waals surface area contributed by atoms with E-state index in [0.29, 0.717) is 16.9 Å². The Bertz CT molecular complexity index is 371. The molecule has 0 spiro atoms. The number of hydrogen-bond acceptors (Lipinski definition) is 3. The molecular weight excluding hydrogens is 222 g/mol. The summed E-state index contributed by atoms with van der Waals surface area (Å²) in [6, 6.07) is 3.81. The molecule has 1 heterocycles. The molecule has 1 aromatic heterocycles. The van der Waals surface area contributed by atoms with Crippen molar-refractivity contribution in [3.63, 3.8) is 0 Å². The van der Waals surface area contributed by atoms with Crippen LogP contribution in [0.15, 0.2) is 12.1 Å². The maximum Gasteiger partial charge on any atom is 0.153 e. The number of hydrogen-bond donors (Lipinski definition) is 1. The molecule has 2 N–H and O–H groups in total. The van der Waals surface area contributed by atoms with E-state index in [9.17, 15) is 0 Å². The van der Waals surface area contributed by atoms with Gasteiger partial charge in [0.1, 0.15) is 5.15 Å². The Morgan fingerprint density at radius 2 is 1.94 bits per heavy atom. The lowest BCUT2D eigenvalue weighted by Crippen LogP contribution is -2.40. The van der Waals surface area contributed by atoms with Gasteiger partial charge in [-0.3, -0.25) is 0 Å². The summed E-state index contributed by atoms with van der Waals surface area (Å²) in [5, 5.41) is 0.470. The third-order valence-electron chi connectivity index (χ3n) is 3.04. The van der Waals surface area contributed by atoms with E-state index in [1.165, 1.54) is 0 Å². The summed E-state index contributed by atoms with van der Waals surface area (Å²) < 4.78 is 0. The molecule has 0 bridgehead atoms. The van der Waals surface area contributed by atoms with E-state index in [1.807, 2.05) is 7.05 Å². The lowest BCUT2D eigenvalue weighted by Gasteiger charge is -2.36. The summed E-state index contributed by atoms with van der Waals surface area (Å²) in [5.41, 5.74) is 6.72. The monoisotopic (exact) mass is 241 g/mol. The molecule has 0 amide bonds. The van der Waals surface area contributed by atoms with Crippen LogP contribution in [0.3, 0.4) is 0 Å². The summed E-state index contributed by atoms with van der Waals surface area (Å²) in [6.45, 7) is 8.72. The molecule has 0 aromatic carbocycles. The summed E-state index contributed by atoms with van der Waals surface area (Å²) in [4.78, 5) is 6.34. The van der Waals surface area contributed by atoms with Crippen molar-refractivity contribution in [2.45, 2.75) is 33.7 Å². The Morgan fingerprint density at radius 3 is 2.44 bits per heavy atom. The summed E-state index contributed by atoms with van der Waals surface area (Å²) in [6.07, 6.45) is 0. The summed E-state index contributed by atoms with van der Waals surface area (Å²) >= 11 is 5.89. The van der Waals surface area contributed by atoms with Crippen LogP contribution in [0.25, 0.3) is 0 Å². The lowest BCUT2D eigenvalue weighted by atomic mass is 9.87. The number of halogens is 1. The number of rotatable bonds is 2. The highest BCUT2D eigenvalue weighted by molar-refractivity contribution is 6.29. The highest BCUT2D eigenvalue weighted by atomic mass is 35.5. The van der Waals surface area contributed by atoms with Crippen LogP contribution >= 0.6 is 11.6 Å². The fourth-order valence-electron chi connectivity index (χ4n) is 1.48. The number of nitrogens with zero attached hydrogens (tertiary/aromatic N) is 2. The zero-order valence-electron chi connectivity index (χ0n) is 10.6. The zero-order chi connectivity index (χ0) is 12.5. The minimum atomic E-state index is 0.158. The second-order valence-corrected chi connectivity index (χ2v) is 5.59. The van der Waals surface area contributed by atoms with E-state index in [2.05, 4.69) is 37.6 Å². The maximum atomic E-state index is 5.91. The summed E-state index contributed by atoms with van der Waals surface area (Å²) in [5.74, 6) is 0.745. The van der Waals surface area contributed by atoms with Crippen molar-refractivity contribution < 1.29 is 0 Å². The van der Waals surface area contributed by atoms with Crippen molar-refractivity contribution in [2.75, 3.05) is 17.7 Å². The minimum Gasteiger partial charge on any atom is -0.396 e. The molecule has 0 aliphatic carbocycles. The molecule has 0 saturated carbocycles. The van der Waals surface area contributed by atoms with E-state index in [-0.39, 0.29) is 5.41 Å². The van der Waals surface area contributed by atoms with Gasteiger partial charge in [-0.1, -0.05) is 32.4 Å². The van der Waals surface area contributed by atoms with Crippen molar-refractivity contribution >= 4 is 23.1 Å². The molecule has 0 radical (unpaired) electrons. The Hall–Kier alpha value is -0.960. The molecular formula is C12H20ClN3. The van der Waals surface area contributed by atoms with Crippen LogP contribution in [0.5, 0.6) is 0 Å². The van der Waals surface area contributed by atoms with Crippen molar-refractivity contribution in [2.24, 2.45) is 5.41 Å². The van der Waals surface area contributed by atoms with Gasteiger partial charge in [0.2, 0.25) is 0 Å². The quantitative estimate of drug-likeness (QED) is 0.809. The second-order valence-electron chi connectivity index (χ2n) is 5.20. The van der Waals surface area contributed by atoms with Gasteiger partial charge < -0.3 is 10.6 Å². The SMILES string of the molecule is CC(N(C)c1nc(Cl)ccc1N)C(C)(C)C. The number of pyridine rings is 1. The predicted molar refractivity (Wildman–Crippen MR) is 71.0 cm³/mol. The maximum absolute atomic E-state index is 5.91. The van der Waals surface area contributed by atoms with Gasteiger partial charge in [0.25, 0.3) is 0 Å². The van der Waals surface area contributed by atoms with Gasteiger partial charge in [0.15, 0.2) is 5.82 Å². The van der Waals surface area contributed by atoms with Crippen molar-refractivity contribution in [1.82, 2.24) is 4.98 Å². The standard InChI is InChI=1S/C12H20ClN3/c1-8(12(2,3)4)16(5)11-9(14)6-7-10(13)15-11/h6-8H,14H2,1-5H3. The fraction of sp³-hybridized carbons (Fsp3) is 0.583. The molecule has 16 heavy (non-hydrogen) atoms. The van der Waals surface area contributed by atoms with Crippen LogP contribution in [-0.2, 0) is 0 Å². The van der Waals surface area contributed by atoms with Gasteiger partial charge in [-0.25, -0.2) is 4.98 Å². The number of aromatic nitrogens is 1. The van der Waals surface area contributed by atoms with E-state index in [4.69, 9.17) is 17.3 Å². The second kappa shape index (κ2) is 4.50. The van der Waals surface area contributed by atoms with Gasteiger partial charge >= 0.3 is 0 Å². The highest BCUT2D eigenvalue weighted by Crippen LogP contribution is 2.30. The Balaban J connectivity index is 3.05. The molecule has 0 aliphatic heterocycles. The van der Waals surface area contributed by atoms with Crippen LogP contribution in [0.2, 0.25) is 5.15 Å². The average molecular weight is 242 g/mol. The first-order chi connectivity index (χ1) is 7.23. The number of nitrogen functional groups attached to an aromatic ring is 1. The molecule has 4 heteroatoms. The first kappa shape index (κ1) is 13.1. The zero-order valence-corrected chi connectivity index (χ0v) is 11.3. The number of anilines is 2. The Kier molecular flexibility index (Phi) is 3.68. The van der Waals surface area contributed by atoms with Crippen molar-refractivity contribution in [1.29, 1.82) is 0 Å². The minimum absolute atomic E-state index is 0.158. The molecule has 1 aromatic rings. The molecule has 0 fully saturated rings. The van der Waals surface area contributed by atoms with Gasteiger partial charge in [-0.05, 0) is 24.5 Å². The third-order valence-corrected chi connectivity index (χ3v) is 3.25. The first-order valence-electron chi connectivity index (χ1n) is 5.38. The smallest absolute Gasteiger partial charge is 0.153 e. The molecule has 3 nitrogen and oxygen atoms in total. The topological polar surface area (TPSA) is 42.2 Å². The molecule has 1 atom stereocenters. The molecule has 1 unspecified atom stereocenters. The third kappa shape index (κ3) is 2.79. The summed E-state index contributed by atoms with van der Waals surface area (Å²) in [7, 11) is 1.99. The fourth-order valence-corrected chi connectivity index (χ4v) is 1.63. The van der Waals surface area contributed by atoms with Gasteiger partial charge in [0.05, 0.1) is 5.69 Å². The van der Waals surface area contributed by atoms with E-state index < -0.39 is 0 Å².